The number of nitrogens with zero attached hydrogens (tertiary/aromatic N) is 5. The molecule has 0 amide bonds. The molecule has 92 valence electrons. The molecule has 0 radical (unpaired) electrons. The van der Waals surface area contributed by atoms with E-state index in [0.717, 1.165) is 24.5 Å². The number of nitrogens with one attached hydrogen (secondary N) is 1. The van der Waals surface area contributed by atoms with Crippen molar-refractivity contribution in [2.24, 2.45) is 7.05 Å². The lowest BCUT2D eigenvalue weighted by Gasteiger charge is -2.16. The Bertz CT molecular complexity index is 472. The maximum absolute atomic E-state index is 4.30. The first-order valence-electron chi connectivity index (χ1n) is 5.78. The van der Waals surface area contributed by atoms with Crippen molar-refractivity contribution in [3.8, 4) is 0 Å². The van der Waals surface area contributed by atoms with Crippen LogP contribution in [0.5, 0.6) is 0 Å². The fraction of sp³-hybridized carbons (Fsp3) is 0.545. The first-order valence-corrected chi connectivity index (χ1v) is 5.78. The van der Waals surface area contributed by atoms with E-state index >= 15 is 0 Å². The lowest BCUT2D eigenvalue weighted by Crippen LogP contribution is -2.23. The summed E-state index contributed by atoms with van der Waals surface area (Å²) in [5.41, 5.74) is 1.15. The van der Waals surface area contributed by atoms with Gasteiger partial charge in [-0.05, 0) is 20.0 Å². The summed E-state index contributed by atoms with van der Waals surface area (Å²) in [5.74, 6) is 0.994. The van der Waals surface area contributed by atoms with Gasteiger partial charge < -0.3 is 5.32 Å². The number of aromatic nitrogens is 5. The van der Waals surface area contributed by atoms with Gasteiger partial charge in [-0.25, -0.2) is 4.98 Å². The highest BCUT2D eigenvalue weighted by molar-refractivity contribution is 5.09. The minimum Gasteiger partial charge on any atom is -0.311 e. The van der Waals surface area contributed by atoms with Crippen molar-refractivity contribution in [2.75, 3.05) is 7.05 Å². The van der Waals surface area contributed by atoms with Crippen LogP contribution < -0.4 is 5.32 Å². The van der Waals surface area contributed by atoms with Crippen LogP contribution in [0.4, 0.5) is 0 Å². The lowest BCUT2D eigenvalue weighted by atomic mass is 10.1. The molecule has 2 aromatic rings. The van der Waals surface area contributed by atoms with E-state index in [9.17, 15) is 0 Å². The Morgan fingerprint density at radius 1 is 1.41 bits per heavy atom. The lowest BCUT2D eigenvalue weighted by molar-refractivity contribution is 0.502. The summed E-state index contributed by atoms with van der Waals surface area (Å²) in [6.45, 7) is 2.91. The molecule has 1 unspecified atom stereocenters. The third kappa shape index (κ3) is 2.36. The van der Waals surface area contributed by atoms with Gasteiger partial charge in [0.2, 0.25) is 0 Å². The van der Waals surface area contributed by atoms with E-state index in [1.807, 2.05) is 35.7 Å². The molecule has 6 heteroatoms. The Hall–Kier alpha value is -1.69. The molecule has 0 saturated heterocycles. The molecule has 0 aliphatic rings. The van der Waals surface area contributed by atoms with Gasteiger partial charge in [0, 0.05) is 26.2 Å². The van der Waals surface area contributed by atoms with Crippen LogP contribution in [0.25, 0.3) is 0 Å². The number of likely N-dealkylation sites (N-methyl/N-ethyl adjacent to an activating group) is 1. The Morgan fingerprint density at radius 3 is 2.82 bits per heavy atom. The fourth-order valence-electron chi connectivity index (χ4n) is 1.97. The molecule has 0 bridgehead atoms. The Kier molecular flexibility index (Phi) is 3.53. The van der Waals surface area contributed by atoms with Crippen LogP contribution in [0, 0.1) is 0 Å². The van der Waals surface area contributed by atoms with E-state index in [1.54, 1.807) is 6.33 Å². The average Bonchev–Trinajstić information content (AvgIpc) is 2.94. The second kappa shape index (κ2) is 5.09. The topological polar surface area (TPSA) is 60.6 Å². The highest BCUT2D eigenvalue weighted by Crippen LogP contribution is 2.15. The predicted molar refractivity (Wildman–Crippen MR) is 64.4 cm³/mol. The normalized spacial score (nSPS) is 12.9. The Balaban J connectivity index is 2.19. The molecule has 0 fully saturated rings. The van der Waals surface area contributed by atoms with Crippen molar-refractivity contribution >= 4 is 0 Å². The van der Waals surface area contributed by atoms with E-state index in [2.05, 4.69) is 27.4 Å². The molecule has 2 aromatic heterocycles. The molecule has 0 aliphatic heterocycles. The van der Waals surface area contributed by atoms with Crippen molar-refractivity contribution in [1.29, 1.82) is 0 Å². The Morgan fingerprint density at radius 2 is 2.24 bits per heavy atom. The van der Waals surface area contributed by atoms with Gasteiger partial charge in [0.15, 0.2) is 0 Å². The molecular formula is C11H18N6. The molecule has 1 N–H and O–H groups in total. The molecule has 0 spiro atoms. The summed E-state index contributed by atoms with van der Waals surface area (Å²) in [6.07, 6.45) is 4.23. The first kappa shape index (κ1) is 11.8. The number of hydrogen-bond donors (Lipinski definition) is 1. The average molecular weight is 234 g/mol. The van der Waals surface area contributed by atoms with Gasteiger partial charge in [-0.15, -0.1) is 0 Å². The predicted octanol–water partition coefficient (Wildman–Crippen LogP) is 0.535. The number of aryl methyl sites for hydroxylation is 2. The van der Waals surface area contributed by atoms with Crippen LogP contribution in [0.1, 0.15) is 24.5 Å². The zero-order chi connectivity index (χ0) is 12.3. The van der Waals surface area contributed by atoms with Gasteiger partial charge in [0.1, 0.15) is 12.2 Å². The van der Waals surface area contributed by atoms with E-state index < -0.39 is 0 Å². The zero-order valence-electron chi connectivity index (χ0n) is 10.5. The van der Waals surface area contributed by atoms with Crippen molar-refractivity contribution in [3.63, 3.8) is 0 Å². The fourth-order valence-corrected chi connectivity index (χ4v) is 1.97. The largest absolute Gasteiger partial charge is 0.311 e. The minimum absolute atomic E-state index is 0.206. The molecule has 2 heterocycles. The molecular weight excluding hydrogens is 216 g/mol. The van der Waals surface area contributed by atoms with E-state index in [-0.39, 0.29) is 6.04 Å². The van der Waals surface area contributed by atoms with Gasteiger partial charge in [0.05, 0.1) is 11.7 Å². The minimum atomic E-state index is 0.206. The SMILES string of the molecule is CCn1ncnc1CC(NC)c1ccnn1C. The molecule has 0 aliphatic carbocycles. The zero-order valence-corrected chi connectivity index (χ0v) is 10.5. The number of hydrogen-bond acceptors (Lipinski definition) is 4. The van der Waals surface area contributed by atoms with Gasteiger partial charge >= 0.3 is 0 Å². The van der Waals surface area contributed by atoms with Gasteiger partial charge in [-0.1, -0.05) is 0 Å². The second-order valence-electron chi connectivity index (χ2n) is 3.92. The smallest absolute Gasteiger partial charge is 0.138 e. The summed E-state index contributed by atoms with van der Waals surface area (Å²) in [6, 6.07) is 2.23. The van der Waals surface area contributed by atoms with Crippen LogP contribution in [0.15, 0.2) is 18.6 Å². The second-order valence-corrected chi connectivity index (χ2v) is 3.92. The first-order chi connectivity index (χ1) is 8.26. The summed E-state index contributed by atoms with van der Waals surface area (Å²) in [4.78, 5) is 4.30. The maximum Gasteiger partial charge on any atom is 0.138 e. The molecule has 0 saturated carbocycles. The van der Waals surface area contributed by atoms with Crippen LogP contribution in [-0.4, -0.2) is 31.6 Å². The third-order valence-corrected chi connectivity index (χ3v) is 2.95. The van der Waals surface area contributed by atoms with E-state index in [1.165, 1.54) is 0 Å². The van der Waals surface area contributed by atoms with E-state index in [0.29, 0.717) is 0 Å². The van der Waals surface area contributed by atoms with Crippen molar-refractivity contribution in [2.45, 2.75) is 25.9 Å². The summed E-state index contributed by atoms with van der Waals surface area (Å²) < 4.78 is 3.80. The quantitative estimate of drug-likeness (QED) is 0.820. The van der Waals surface area contributed by atoms with Crippen molar-refractivity contribution < 1.29 is 0 Å². The molecule has 2 rings (SSSR count). The van der Waals surface area contributed by atoms with Crippen LogP contribution in [0.3, 0.4) is 0 Å². The van der Waals surface area contributed by atoms with Crippen molar-refractivity contribution in [1.82, 2.24) is 29.9 Å². The summed E-state index contributed by atoms with van der Waals surface area (Å²) in [7, 11) is 3.90. The van der Waals surface area contributed by atoms with E-state index in [4.69, 9.17) is 0 Å². The third-order valence-electron chi connectivity index (χ3n) is 2.95. The standard InChI is InChI=1S/C11H18N6/c1-4-17-11(13-8-15-17)7-9(12-2)10-5-6-14-16(10)3/h5-6,8-9,12H,4,7H2,1-3H3. The van der Waals surface area contributed by atoms with Crippen LogP contribution in [-0.2, 0) is 20.0 Å². The van der Waals surface area contributed by atoms with Gasteiger partial charge in [-0.3, -0.25) is 9.36 Å². The summed E-state index contributed by atoms with van der Waals surface area (Å²) >= 11 is 0. The van der Waals surface area contributed by atoms with Crippen LogP contribution >= 0.6 is 0 Å². The van der Waals surface area contributed by atoms with Gasteiger partial charge in [0.25, 0.3) is 0 Å². The summed E-state index contributed by atoms with van der Waals surface area (Å²) in [5, 5.41) is 11.7. The number of rotatable bonds is 5. The highest BCUT2D eigenvalue weighted by atomic mass is 15.3. The van der Waals surface area contributed by atoms with Crippen LogP contribution in [0.2, 0.25) is 0 Å². The monoisotopic (exact) mass is 234 g/mol. The Labute approximate surface area is 101 Å². The highest BCUT2D eigenvalue weighted by Gasteiger charge is 2.16. The molecule has 0 aromatic carbocycles. The van der Waals surface area contributed by atoms with Crippen molar-refractivity contribution in [3.05, 3.63) is 30.1 Å². The maximum atomic E-state index is 4.30. The van der Waals surface area contributed by atoms with Gasteiger partial charge in [-0.2, -0.15) is 10.2 Å². The molecule has 17 heavy (non-hydrogen) atoms. The molecule has 1 atom stereocenters. The molecule has 6 nitrogen and oxygen atoms in total.